The largest absolute Gasteiger partial charge is 0.0807 e. The quantitative estimate of drug-likeness (QED) is 0.548. The van der Waals surface area contributed by atoms with Crippen molar-refractivity contribution in [2.75, 3.05) is 0 Å². The lowest BCUT2D eigenvalue weighted by atomic mass is 9.76. The first kappa shape index (κ1) is 11.1. The topological polar surface area (TPSA) is 0 Å². The minimum absolute atomic E-state index is 0.261. The molecule has 0 bridgehead atoms. The van der Waals surface area contributed by atoms with Crippen LogP contribution in [0, 0.1) is 11.3 Å². The Bertz CT molecular complexity index is 492. The molecule has 0 aromatic carbocycles. The molecule has 0 saturated carbocycles. The van der Waals surface area contributed by atoms with Crippen molar-refractivity contribution in [2.45, 2.75) is 47.0 Å². The van der Waals surface area contributed by atoms with Gasteiger partial charge in [0.1, 0.15) is 0 Å². The van der Waals surface area contributed by atoms with Crippen LogP contribution in [0.25, 0.3) is 0 Å². The van der Waals surface area contributed by atoms with E-state index in [-0.39, 0.29) is 5.41 Å². The average molecular weight is 226 g/mol. The highest BCUT2D eigenvalue weighted by Gasteiger charge is 2.43. The second-order valence-corrected chi connectivity index (χ2v) is 6.39. The Morgan fingerprint density at radius 2 is 1.88 bits per heavy atom. The molecule has 0 heteroatoms. The summed E-state index contributed by atoms with van der Waals surface area (Å²) in [5, 5.41) is 0. The first-order valence-corrected chi connectivity index (χ1v) is 6.79. The van der Waals surface area contributed by atoms with E-state index in [0.29, 0.717) is 5.92 Å². The van der Waals surface area contributed by atoms with Gasteiger partial charge in [-0.2, -0.15) is 0 Å². The smallest absolute Gasteiger partial charge is 0.0114 e. The molecule has 0 radical (unpaired) electrons. The summed E-state index contributed by atoms with van der Waals surface area (Å²) < 4.78 is 0. The number of hydrogen-bond acceptors (Lipinski definition) is 0. The number of allylic oxidation sites excluding steroid dienone is 8. The lowest BCUT2D eigenvalue weighted by molar-refractivity contribution is 0.526. The summed E-state index contributed by atoms with van der Waals surface area (Å²) in [5.74, 6) is 0.716. The van der Waals surface area contributed by atoms with E-state index in [4.69, 9.17) is 0 Å². The molecule has 0 spiro atoms. The van der Waals surface area contributed by atoms with Crippen molar-refractivity contribution in [2.24, 2.45) is 11.3 Å². The molecule has 90 valence electrons. The minimum atomic E-state index is 0.261. The van der Waals surface area contributed by atoms with Crippen molar-refractivity contribution in [3.8, 4) is 0 Å². The van der Waals surface area contributed by atoms with E-state index < -0.39 is 0 Å². The molecule has 3 aliphatic rings. The van der Waals surface area contributed by atoms with E-state index in [2.05, 4.69) is 45.9 Å². The molecule has 0 aromatic rings. The van der Waals surface area contributed by atoms with Crippen LogP contribution in [0.1, 0.15) is 47.0 Å². The van der Waals surface area contributed by atoms with E-state index in [0.717, 1.165) is 0 Å². The highest BCUT2D eigenvalue weighted by Crippen LogP contribution is 2.56. The Morgan fingerprint density at radius 3 is 2.65 bits per heavy atom. The first-order valence-electron chi connectivity index (χ1n) is 6.79. The van der Waals surface area contributed by atoms with Crippen LogP contribution in [0.5, 0.6) is 0 Å². The van der Waals surface area contributed by atoms with Crippen LogP contribution in [0.4, 0.5) is 0 Å². The van der Waals surface area contributed by atoms with Crippen molar-refractivity contribution in [1.82, 2.24) is 0 Å². The maximum Gasteiger partial charge on any atom is 0.0114 e. The molecule has 1 unspecified atom stereocenters. The molecule has 0 fully saturated rings. The molecular weight excluding hydrogens is 204 g/mol. The fraction of sp³-hybridized carbons (Fsp3) is 0.529. The van der Waals surface area contributed by atoms with Gasteiger partial charge in [0, 0.05) is 11.3 Å². The average Bonchev–Trinajstić information content (AvgIpc) is 2.49. The molecule has 0 aliphatic heterocycles. The highest BCUT2D eigenvalue weighted by atomic mass is 14.5. The van der Waals surface area contributed by atoms with Crippen molar-refractivity contribution < 1.29 is 0 Å². The van der Waals surface area contributed by atoms with Crippen molar-refractivity contribution in [3.05, 3.63) is 46.1 Å². The molecule has 17 heavy (non-hydrogen) atoms. The van der Waals surface area contributed by atoms with E-state index in [1.54, 1.807) is 22.3 Å². The zero-order valence-corrected chi connectivity index (χ0v) is 11.4. The fourth-order valence-corrected chi connectivity index (χ4v) is 3.76. The SMILES string of the molecule is CC1=CCC2C(=C1)C(C)(C)C1=C2CCC(C)=C1. The molecule has 0 aromatic heterocycles. The summed E-state index contributed by atoms with van der Waals surface area (Å²) in [7, 11) is 0. The fourth-order valence-electron chi connectivity index (χ4n) is 3.76. The molecule has 0 saturated heterocycles. The van der Waals surface area contributed by atoms with Gasteiger partial charge in [-0.25, -0.2) is 0 Å². The molecular formula is C17H22. The summed E-state index contributed by atoms with van der Waals surface area (Å²) in [6, 6.07) is 0. The van der Waals surface area contributed by atoms with E-state index in [1.807, 2.05) is 0 Å². The van der Waals surface area contributed by atoms with Gasteiger partial charge >= 0.3 is 0 Å². The lowest BCUT2D eigenvalue weighted by Gasteiger charge is -2.28. The monoisotopic (exact) mass is 226 g/mol. The normalized spacial score (nSPS) is 30.4. The molecule has 0 heterocycles. The van der Waals surface area contributed by atoms with Gasteiger partial charge in [-0.3, -0.25) is 0 Å². The highest BCUT2D eigenvalue weighted by molar-refractivity contribution is 5.55. The maximum atomic E-state index is 2.47. The molecule has 1 atom stereocenters. The summed E-state index contributed by atoms with van der Waals surface area (Å²) in [5.41, 5.74) is 8.28. The van der Waals surface area contributed by atoms with E-state index >= 15 is 0 Å². The van der Waals surface area contributed by atoms with Crippen molar-refractivity contribution >= 4 is 0 Å². The van der Waals surface area contributed by atoms with Crippen LogP contribution in [-0.2, 0) is 0 Å². The molecule has 0 nitrogen and oxygen atoms in total. The van der Waals surface area contributed by atoms with Gasteiger partial charge in [-0.05, 0) is 38.7 Å². The summed E-state index contributed by atoms with van der Waals surface area (Å²) >= 11 is 0. The van der Waals surface area contributed by atoms with Gasteiger partial charge in [0.05, 0.1) is 0 Å². The van der Waals surface area contributed by atoms with Gasteiger partial charge in [0.25, 0.3) is 0 Å². The van der Waals surface area contributed by atoms with Crippen LogP contribution in [0.2, 0.25) is 0 Å². The second kappa shape index (κ2) is 3.48. The van der Waals surface area contributed by atoms with Gasteiger partial charge in [-0.15, -0.1) is 0 Å². The summed E-state index contributed by atoms with van der Waals surface area (Å²) in [4.78, 5) is 0. The Morgan fingerprint density at radius 1 is 1.12 bits per heavy atom. The number of hydrogen-bond donors (Lipinski definition) is 0. The number of fused-ring (bicyclic) bond motifs is 2. The minimum Gasteiger partial charge on any atom is -0.0807 e. The van der Waals surface area contributed by atoms with Crippen LogP contribution >= 0.6 is 0 Å². The van der Waals surface area contributed by atoms with E-state index in [9.17, 15) is 0 Å². The third kappa shape index (κ3) is 1.50. The Labute approximate surface area is 105 Å². The molecule has 0 amide bonds. The predicted molar refractivity (Wildman–Crippen MR) is 73.7 cm³/mol. The third-order valence-corrected chi connectivity index (χ3v) is 4.78. The Balaban J connectivity index is 2.14. The van der Waals surface area contributed by atoms with Gasteiger partial charge < -0.3 is 0 Å². The van der Waals surface area contributed by atoms with E-state index in [1.165, 1.54) is 24.8 Å². The Hall–Kier alpha value is -1.04. The van der Waals surface area contributed by atoms with Crippen LogP contribution < -0.4 is 0 Å². The van der Waals surface area contributed by atoms with Gasteiger partial charge in [0.15, 0.2) is 0 Å². The van der Waals surface area contributed by atoms with Crippen molar-refractivity contribution in [1.29, 1.82) is 0 Å². The summed E-state index contributed by atoms with van der Waals surface area (Å²) in [6.07, 6.45) is 11.1. The third-order valence-electron chi connectivity index (χ3n) is 4.78. The maximum absolute atomic E-state index is 2.47. The zero-order valence-electron chi connectivity index (χ0n) is 11.4. The number of rotatable bonds is 0. The lowest BCUT2D eigenvalue weighted by Crippen LogP contribution is -2.16. The molecule has 0 N–H and O–H groups in total. The van der Waals surface area contributed by atoms with Crippen LogP contribution in [-0.4, -0.2) is 0 Å². The van der Waals surface area contributed by atoms with Crippen LogP contribution in [0.15, 0.2) is 46.1 Å². The van der Waals surface area contributed by atoms with Gasteiger partial charge in [0.2, 0.25) is 0 Å². The second-order valence-electron chi connectivity index (χ2n) is 6.39. The zero-order chi connectivity index (χ0) is 12.2. The molecule has 3 aliphatic carbocycles. The molecule has 3 rings (SSSR count). The first-order chi connectivity index (χ1) is 8.00. The standard InChI is InChI=1S/C17H22/c1-11-5-7-13-14-8-6-12(2)10-16(14)17(3,4)15(13)9-11/h5,9-10,13H,6-8H2,1-4H3. The van der Waals surface area contributed by atoms with Crippen LogP contribution in [0.3, 0.4) is 0 Å². The predicted octanol–water partition coefficient (Wildman–Crippen LogP) is 4.96. The summed E-state index contributed by atoms with van der Waals surface area (Å²) in [6.45, 7) is 9.32. The van der Waals surface area contributed by atoms with Crippen molar-refractivity contribution in [3.63, 3.8) is 0 Å². The Kier molecular flexibility index (Phi) is 2.26. The van der Waals surface area contributed by atoms with Gasteiger partial charge in [-0.1, -0.05) is 54.4 Å².